The lowest BCUT2D eigenvalue weighted by Gasteiger charge is -2.12. The van der Waals surface area contributed by atoms with Gasteiger partial charge < -0.3 is 24.3 Å². The van der Waals surface area contributed by atoms with Gasteiger partial charge in [-0.3, -0.25) is 9.59 Å². The van der Waals surface area contributed by atoms with Gasteiger partial charge in [0.25, 0.3) is 0 Å². The summed E-state index contributed by atoms with van der Waals surface area (Å²) in [7, 11) is 1.43. The van der Waals surface area contributed by atoms with Crippen molar-refractivity contribution in [3.63, 3.8) is 0 Å². The predicted octanol–water partition coefficient (Wildman–Crippen LogP) is 5.30. The molecular formula is C32H35N3O8S. The van der Waals surface area contributed by atoms with Crippen LogP contribution in [0.3, 0.4) is 0 Å². The van der Waals surface area contributed by atoms with Gasteiger partial charge in [-0.05, 0) is 92.6 Å². The number of methoxy groups -OCH3 is 1. The minimum atomic E-state index is -1.01. The largest absolute Gasteiger partial charge is 0.494 e. The van der Waals surface area contributed by atoms with Crippen LogP contribution in [0, 0.1) is 0 Å². The first kappa shape index (κ1) is 32.2. The molecule has 11 nitrogen and oxygen atoms in total. The minimum Gasteiger partial charge on any atom is -0.494 e. The molecule has 2 amide bonds. The summed E-state index contributed by atoms with van der Waals surface area (Å²) in [5.74, 6) is -1.94. The first-order valence-electron chi connectivity index (χ1n) is 14.4. The number of nitrogens with one attached hydrogen (secondary N) is 2. The van der Waals surface area contributed by atoms with Gasteiger partial charge in [0.1, 0.15) is 10.8 Å². The molecule has 0 unspecified atom stereocenters. The van der Waals surface area contributed by atoms with Gasteiger partial charge in [0.2, 0.25) is 0 Å². The second-order valence-electron chi connectivity index (χ2n) is 9.81. The fourth-order valence-electron chi connectivity index (χ4n) is 4.48. The number of unbranched alkanes of at least 4 members (excludes halogenated alkanes) is 1. The molecule has 1 heterocycles. The number of anilines is 1. The lowest BCUT2D eigenvalue weighted by atomic mass is 9.95. The zero-order chi connectivity index (χ0) is 31.5. The Balaban J connectivity index is 1.35. The molecule has 2 aromatic carbocycles. The molecule has 44 heavy (non-hydrogen) atoms. The van der Waals surface area contributed by atoms with E-state index in [1.807, 2.05) is 0 Å². The van der Waals surface area contributed by atoms with Crippen molar-refractivity contribution in [2.45, 2.75) is 52.4 Å². The summed E-state index contributed by atoms with van der Waals surface area (Å²) in [6.07, 6.45) is 6.75. The summed E-state index contributed by atoms with van der Waals surface area (Å²) in [5.41, 5.74) is 4.23. The smallest absolute Gasteiger partial charge is 0.343 e. The molecule has 12 heteroatoms. The van der Waals surface area contributed by atoms with Crippen LogP contribution in [-0.4, -0.2) is 50.3 Å². The number of hydrogen-bond acceptors (Lipinski definition) is 10. The maximum atomic E-state index is 12.7. The molecule has 2 N–H and O–H groups in total. The molecule has 0 bridgehead atoms. The number of nitrogens with zero attached hydrogens (tertiary/aromatic N) is 1. The predicted molar refractivity (Wildman–Crippen MR) is 166 cm³/mol. The molecule has 0 atom stereocenters. The molecule has 0 radical (unpaired) electrons. The van der Waals surface area contributed by atoms with Crippen LogP contribution in [0.4, 0.5) is 5.00 Å². The SMILES string of the molecule is CCCCOc1ccc(C(=O)Oc2ccc(C=NNC(=O)C(=O)Nc3sc4c(c3C(=O)OCC)CCCC4)cc2OC)cc1. The van der Waals surface area contributed by atoms with E-state index in [0.717, 1.165) is 49.0 Å². The monoisotopic (exact) mass is 621 g/mol. The van der Waals surface area contributed by atoms with Crippen molar-refractivity contribution in [3.05, 3.63) is 69.6 Å². The number of ether oxygens (including phenoxy) is 4. The Labute approximate surface area is 259 Å². The van der Waals surface area contributed by atoms with E-state index in [1.165, 1.54) is 30.7 Å². The molecule has 0 saturated heterocycles. The van der Waals surface area contributed by atoms with E-state index in [0.29, 0.717) is 34.0 Å². The number of fused-ring (bicyclic) bond motifs is 1. The second kappa shape index (κ2) is 15.7. The van der Waals surface area contributed by atoms with E-state index in [-0.39, 0.29) is 18.1 Å². The number of aryl methyl sites for hydroxylation is 1. The number of carbonyl (C=O) groups excluding carboxylic acids is 4. The number of hydrazone groups is 1. The van der Waals surface area contributed by atoms with Gasteiger partial charge in [-0.1, -0.05) is 13.3 Å². The van der Waals surface area contributed by atoms with Crippen molar-refractivity contribution in [2.24, 2.45) is 5.10 Å². The zero-order valence-electron chi connectivity index (χ0n) is 24.9. The van der Waals surface area contributed by atoms with Crippen molar-refractivity contribution < 1.29 is 38.1 Å². The second-order valence-corrected chi connectivity index (χ2v) is 10.9. The van der Waals surface area contributed by atoms with Crippen LogP contribution in [0.1, 0.15) is 76.3 Å². The highest BCUT2D eigenvalue weighted by atomic mass is 32.1. The number of amides is 2. The Morgan fingerprint density at radius 2 is 1.73 bits per heavy atom. The number of benzene rings is 2. The number of hydrogen-bond donors (Lipinski definition) is 2. The molecule has 1 aliphatic rings. The van der Waals surface area contributed by atoms with Crippen LogP contribution in [-0.2, 0) is 27.2 Å². The Morgan fingerprint density at radius 1 is 0.955 bits per heavy atom. The first-order chi connectivity index (χ1) is 21.3. The van der Waals surface area contributed by atoms with E-state index in [4.69, 9.17) is 18.9 Å². The van der Waals surface area contributed by atoms with Crippen molar-refractivity contribution in [3.8, 4) is 17.2 Å². The van der Waals surface area contributed by atoms with E-state index in [2.05, 4.69) is 22.8 Å². The standard InChI is InChI=1S/C32H35N3O8S/c1-4-6-17-42-22-14-12-21(13-15-22)31(38)43-24-16-11-20(18-25(24)40-3)19-33-35-29(37)28(36)34-30-27(32(39)41-5-2)23-9-7-8-10-26(23)44-30/h11-16,18-19H,4-10,17H2,1-3H3,(H,34,36)(H,35,37). The number of carbonyl (C=O) groups is 4. The van der Waals surface area contributed by atoms with Gasteiger partial charge >= 0.3 is 23.8 Å². The Morgan fingerprint density at radius 3 is 2.45 bits per heavy atom. The Bertz CT molecular complexity index is 1530. The quantitative estimate of drug-likeness (QED) is 0.0693. The van der Waals surface area contributed by atoms with Gasteiger partial charge in [0.15, 0.2) is 11.5 Å². The van der Waals surface area contributed by atoms with Crippen LogP contribution in [0.5, 0.6) is 17.2 Å². The molecule has 1 aliphatic carbocycles. The maximum absolute atomic E-state index is 12.7. The number of rotatable bonds is 12. The van der Waals surface area contributed by atoms with Crippen LogP contribution in [0.15, 0.2) is 47.6 Å². The van der Waals surface area contributed by atoms with Crippen molar-refractivity contribution in [1.29, 1.82) is 0 Å². The van der Waals surface area contributed by atoms with Gasteiger partial charge in [0, 0.05) is 4.88 Å². The summed E-state index contributed by atoms with van der Waals surface area (Å²) in [5, 5.41) is 6.70. The minimum absolute atomic E-state index is 0.192. The van der Waals surface area contributed by atoms with Crippen LogP contribution in [0.25, 0.3) is 0 Å². The summed E-state index contributed by atoms with van der Waals surface area (Å²) in [6, 6.07) is 11.4. The fraction of sp³-hybridized carbons (Fsp3) is 0.344. The summed E-state index contributed by atoms with van der Waals surface area (Å²) in [6.45, 7) is 4.60. The highest BCUT2D eigenvalue weighted by Crippen LogP contribution is 2.38. The number of thiophene rings is 1. The average molecular weight is 622 g/mol. The Kier molecular flexibility index (Phi) is 11.5. The fourth-order valence-corrected chi connectivity index (χ4v) is 5.75. The van der Waals surface area contributed by atoms with E-state index in [9.17, 15) is 19.2 Å². The van der Waals surface area contributed by atoms with Crippen molar-refractivity contribution in [1.82, 2.24) is 5.43 Å². The zero-order valence-corrected chi connectivity index (χ0v) is 25.7. The maximum Gasteiger partial charge on any atom is 0.343 e. The third-order valence-electron chi connectivity index (χ3n) is 6.71. The van der Waals surface area contributed by atoms with Crippen molar-refractivity contribution >= 4 is 46.3 Å². The molecule has 0 saturated carbocycles. The Hall–Kier alpha value is -4.71. The molecule has 0 fully saturated rings. The van der Waals surface area contributed by atoms with E-state index >= 15 is 0 Å². The molecule has 232 valence electrons. The summed E-state index contributed by atoms with van der Waals surface area (Å²) >= 11 is 1.29. The van der Waals surface area contributed by atoms with Crippen LogP contribution in [0.2, 0.25) is 0 Å². The highest BCUT2D eigenvalue weighted by Gasteiger charge is 2.28. The molecule has 1 aromatic heterocycles. The molecular weight excluding hydrogens is 586 g/mol. The molecule has 0 aliphatic heterocycles. The number of esters is 2. The van der Waals surface area contributed by atoms with Crippen molar-refractivity contribution in [2.75, 3.05) is 25.6 Å². The van der Waals surface area contributed by atoms with Crippen LogP contribution >= 0.6 is 11.3 Å². The molecule has 0 spiro atoms. The van der Waals surface area contributed by atoms with Gasteiger partial charge in [-0.15, -0.1) is 11.3 Å². The van der Waals surface area contributed by atoms with Gasteiger partial charge in [-0.2, -0.15) is 5.10 Å². The van der Waals surface area contributed by atoms with Crippen LogP contribution < -0.4 is 25.0 Å². The third kappa shape index (κ3) is 8.22. The molecule has 4 rings (SSSR count). The normalized spacial score (nSPS) is 12.2. The lowest BCUT2D eigenvalue weighted by molar-refractivity contribution is -0.136. The molecule has 3 aromatic rings. The van der Waals surface area contributed by atoms with E-state index < -0.39 is 23.8 Å². The lowest BCUT2D eigenvalue weighted by Crippen LogP contribution is -2.32. The highest BCUT2D eigenvalue weighted by molar-refractivity contribution is 7.17. The third-order valence-corrected chi connectivity index (χ3v) is 7.92. The van der Waals surface area contributed by atoms with Gasteiger partial charge in [-0.25, -0.2) is 15.0 Å². The first-order valence-corrected chi connectivity index (χ1v) is 15.2. The summed E-state index contributed by atoms with van der Waals surface area (Å²) in [4.78, 5) is 51.4. The van der Waals surface area contributed by atoms with E-state index in [1.54, 1.807) is 43.3 Å². The topological polar surface area (TPSA) is 142 Å². The van der Waals surface area contributed by atoms with Gasteiger partial charge in [0.05, 0.1) is 37.7 Å². The summed E-state index contributed by atoms with van der Waals surface area (Å²) < 4.78 is 21.7. The average Bonchev–Trinajstić information content (AvgIpc) is 3.40.